The van der Waals surface area contributed by atoms with Crippen LogP contribution in [0.5, 0.6) is 0 Å². The Labute approximate surface area is 172 Å². The summed E-state index contributed by atoms with van der Waals surface area (Å²) in [6.07, 6.45) is 1.47. The average molecular weight is 417 g/mol. The second-order valence-corrected chi connectivity index (χ2v) is 7.28. The Morgan fingerprint density at radius 3 is 2.25 bits per heavy atom. The molecule has 0 aliphatic rings. The van der Waals surface area contributed by atoms with Crippen LogP contribution in [0.15, 0.2) is 54.7 Å². The van der Waals surface area contributed by atoms with Crippen molar-refractivity contribution < 1.29 is 9.59 Å². The molecule has 2 amide bonds. The van der Waals surface area contributed by atoms with Crippen LogP contribution in [0, 0.1) is 0 Å². The molecule has 0 saturated carbocycles. The zero-order valence-corrected chi connectivity index (χ0v) is 16.8. The van der Waals surface area contributed by atoms with Crippen molar-refractivity contribution in [2.45, 2.75) is 19.8 Å². The largest absolute Gasteiger partial charge is 0.273 e. The van der Waals surface area contributed by atoms with E-state index < -0.39 is 11.8 Å². The summed E-state index contributed by atoms with van der Waals surface area (Å²) in [7, 11) is 0. The molecule has 6 nitrogen and oxygen atoms in total. The molecule has 2 aromatic carbocycles. The van der Waals surface area contributed by atoms with Crippen LogP contribution < -0.4 is 10.9 Å². The van der Waals surface area contributed by atoms with E-state index in [1.165, 1.54) is 12.3 Å². The molecule has 144 valence electrons. The fourth-order valence-corrected chi connectivity index (χ4v) is 3.16. The first kappa shape index (κ1) is 19.9. The van der Waals surface area contributed by atoms with E-state index in [1.807, 2.05) is 26.0 Å². The van der Waals surface area contributed by atoms with Gasteiger partial charge in [0, 0.05) is 15.6 Å². The number of hydrogen-bond donors (Lipinski definition) is 2. The van der Waals surface area contributed by atoms with Crippen LogP contribution in [-0.4, -0.2) is 21.6 Å². The summed E-state index contributed by atoms with van der Waals surface area (Å²) in [6.45, 7) is 3.92. The minimum Gasteiger partial charge on any atom is -0.267 e. The summed E-state index contributed by atoms with van der Waals surface area (Å²) in [4.78, 5) is 24.8. The van der Waals surface area contributed by atoms with Gasteiger partial charge in [-0.2, -0.15) is 5.10 Å². The Bertz CT molecular complexity index is 1030. The monoisotopic (exact) mass is 416 g/mol. The molecule has 0 unspecified atom stereocenters. The Morgan fingerprint density at radius 2 is 1.61 bits per heavy atom. The first-order chi connectivity index (χ1) is 13.4. The molecule has 0 saturated heterocycles. The number of carbonyl (C=O) groups is 2. The number of nitrogens with one attached hydrogen (secondary N) is 2. The van der Waals surface area contributed by atoms with Crippen molar-refractivity contribution in [1.82, 2.24) is 20.6 Å². The first-order valence-electron chi connectivity index (χ1n) is 8.57. The molecule has 0 radical (unpaired) electrons. The van der Waals surface area contributed by atoms with Crippen molar-refractivity contribution in [3.8, 4) is 5.69 Å². The van der Waals surface area contributed by atoms with E-state index in [2.05, 4.69) is 16.0 Å². The van der Waals surface area contributed by atoms with Crippen molar-refractivity contribution in [2.75, 3.05) is 0 Å². The standard InChI is InChI=1S/C20H18Cl2N4O2/c1-12(2)18-17(11-23-26(18)16-8-4-7-15(22)10-16)20(28)25-24-19(27)13-5-3-6-14(21)9-13/h3-12H,1-2H3,(H,24,27)(H,25,28). The van der Waals surface area contributed by atoms with Gasteiger partial charge in [0.05, 0.1) is 23.1 Å². The number of carbonyl (C=O) groups excluding carboxylic acids is 2. The van der Waals surface area contributed by atoms with Gasteiger partial charge in [0.15, 0.2) is 0 Å². The zero-order valence-electron chi connectivity index (χ0n) is 15.2. The Kier molecular flexibility index (Phi) is 6.02. The van der Waals surface area contributed by atoms with Gasteiger partial charge in [0.1, 0.15) is 0 Å². The van der Waals surface area contributed by atoms with Crippen LogP contribution in [-0.2, 0) is 0 Å². The van der Waals surface area contributed by atoms with E-state index in [-0.39, 0.29) is 5.92 Å². The van der Waals surface area contributed by atoms with Gasteiger partial charge in [-0.3, -0.25) is 20.4 Å². The third-order valence-corrected chi connectivity index (χ3v) is 4.50. The highest BCUT2D eigenvalue weighted by atomic mass is 35.5. The Hall–Kier alpha value is -2.83. The SMILES string of the molecule is CC(C)c1c(C(=O)NNC(=O)c2cccc(Cl)c2)cnn1-c1cccc(Cl)c1. The maximum absolute atomic E-state index is 12.7. The van der Waals surface area contributed by atoms with Crippen molar-refractivity contribution in [3.05, 3.63) is 81.6 Å². The molecule has 0 fully saturated rings. The van der Waals surface area contributed by atoms with Gasteiger partial charge in [-0.1, -0.05) is 49.2 Å². The van der Waals surface area contributed by atoms with Crippen LogP contribution in [0.25, 0.3) is 5.69 Å². The fraction of sp³-hybridized carbons (Fsp3) is 0.150. The number of aromatic nitrogens is 2. The fourth-order valence-electron chi connectivity index (χ4n) is 2.78. The Balaban J connectivity index is 1.81. The second kappa shape index (κ2) is 8.46. The number of rotatable bonds is 4. The lowest BCUT2D eigenvalue weighted by Crippen LogP contribution is -2.41. The molecule has 0 aliphatic heterocycles. The lowest BCUT2D eigenvalue weighted by molar-refractivity contribution is 0.0846. The Morgan fingerprint density at radius 1 is 0.964 bits per heavy atom. The van der Waals surface area contributed by atoms with Gasteiger partial charge in [0.2, 0.25) is 0 Å². The van der Waals surface area contributed by atoms with Gasteiger partial charge < -0.3 is 0 Å². The molecule has 3 rings (SSSR count). The van der Waals surface area contributed by atoms with Gasteiger partial charge in [-0.15, -0.1) is 0 Å². The second-order valence-electron chi connectivity index (χ2n) is 6.41. The molecule has 0 atom stereocenters. The molecular formula is C20H18Cl2N4O2. The highest BCUT2D eigenvalue weighted by molar-refractivity contribution is 6.31. The number of halogens is 2. The van der Waals surface area contributed by atoms with Crippen LogP contribution in [0.1, 0.15) is 46.2 Å². The molecule has 1 heterocycles. The van der Waals surface area contributed by atoms with E-state index in [9.17, 15) is 9.59 Å². The molecule has 28 heavy (non-hydrogen) atoms. The van der Waals surface area contributed by atoms with Gasteiger partial charge in [0.25, 0.3) is 11.8 Å². The first-order valence-corrected chi connectivity index (χ1v) is 9.32. The molecule has 0 spiro atoms. The molecule has 0 bridgehead atoms. The van der Waals surface area contributed by atoms with E-state index in [1.54, 1.807) is 35.0 Å². The van der Waals surface area contributed by atoms with Crippen molar-refractivity contribution in [3.63, 3.8) is 0 Å². The smallest absolute Gasteiger partial charge is 0.267 e. The molecular weight excluding hydrogens is 399 g/mol. The molecule has 1 aromatic heterocycles. The van der Waals surface area contributed by atoms with Crippen LogP contribution in [0.3, 0.4) is 0 Å². The molecule has 3 aromatic rings. The van der Waals surface area contributed by atoms with Crippen LogP contribution in [0.4, 0.5) is 0 Å². The van der Waals surface area contributed by atoms with Crippen molar-refractivity contribution in [2.24, 2.45) is 0 Å². The van der Waals surface area contributed by atoms with Crippen LogP contribution in [0.2, 0.25) is 10.0 Å². The summed E-state index contributed by atoms with van der Waals surface area (Å²) in [6, 6.07) is 13.6. The third kappa shape index (κ3) is 4.35. The van der Waals surface area contributed by atoms with E-state index in [0.717, 1.165) is 5.69 Å². The minimum absolute atomic E-state index is 0.00543. The molecule has 8 heteroatoms. The average Bonchev–Trinajstić information content (AvgIpc) is 3.11. The van der Waals surface area contributed by atoms with Gasteiger partial charge in [-0.25, -0.2) is 4.68 Å². The third-order valence-electron chi connectivity index (χ3n) is 4.03. The summed E-state index contributed by atoms with van der Waals surface area (Å²) < 4.78 is 1.67. The number of nitrogens with zero attached hydrogens (tertiary/aromatic N) is 2. The number of amides is 2. The predicted octanol–water partition coefficient (Wildman–Crippen LogP) is 4.38. The summed E-state index contributed by atoms with van der Waals surface area (Å²) >= 11 is 12.0. The molecule has 2 N–H and O–H groups in total. The maximum atomic E-state index is 12.7. The number of hydrogen-bond acceptors (Lipinski definition) is 3. The normalized spacial score (nSPS) is 10.8. The summed E-state index contributed by atoms with van der Waals surface area (Å²) in [5, 5.41) is 5.34. The quantitative estimate of drug-likeness (QED) is 0.619. The van der Waals surface area contributed by atoms with Gasteiger partial charge in [-0.05, 0) is 42.3 Å². The van der Waals surface area contributed by atoms with E-state index in [0.29, 0.717) is 26.9 Å². The van der Waals surface area contributed by atoms with Gasteiger partial charge >= 0.3 is 0 Å². The van der Waals surface area contributed by atoms with Crippen LogP contribution >= 0.6 is 23.2 Å². The number of hydrazine groups is 1. The van der Waals surface area contributed by atoms with E-state index in [4.69, 9.17) is 23.2 Å². The highest BCUT2D eigenvalue weighted by Gasteiger charge is 2.21. The van der Waals surface area contributed by atoms with Crippen molar-refractivity contribution in [1.29, 1.82) is 0 Å². The minimum atomic E-state index is -0.468. The number of benzene rings is 2. The molecule has 0 aliphatic carbocycles. The predicted molar refractivity (Wildman–Crippen MR) is 109 cm³/mol. The lowest BCUT2D eigenvalue weighted by atomic mass is 10.1. The summed E-state index contributed by atoms with van der Waals surface area (Å²) in [5.74, 6) is -0.928. The summed E-state index contributed by atoms with van der Waals surface area (Å²) in [5.41, 5.74) is 6.98. The zero-order chi connectivity index (χ0) is 20.3. The topological polar surface area (TPSA) is 76.0 Å². The lowest BCUT2D eigenvalue weighted by Gasteiger charge is -2.13. The maximum Gasteiger partial charge on any atom is 0.273 e. The van der Waals surface area contributed by atoms with E-state index >= 15 is 0 Å². The highest BCUT2D eigenvalue weighted by Crippen LogP contribution is 2.24. The van der Waals surface area contributed by atoms with Crippen molar-refractivity contribution >= 4 is 35.0 Å².